The molecule has 0 atom stereocenters. The molecule has 0 radical (unpaired) electrons. The molecule has 0 spiro atoms. The monoisotopic (exact) mass is 307 g/mol. The third-order valence-corrected chi connectivity index (χ3v) is 4.03. The van der Waals surface area contributed by atoms with Crippen molar-refractivity contribution >= 4 is 11.3 Å². The average Bonchev–Trinajstić information content (AvgIpc) is 2.89. The molecule has 0 saturated heterocycles. The zero-order valence-electron chi connectivity index (χ0n) is 12.9. The largest absolute Gasteiger partial charge is 0.493 e. The minimum absolute atomic E-state index is 0.763. The van der Waals surface area contributed by atoms with Gasteiger partial charge in [-0.25, -0.2) is 0 Å². The van der Waals surface area contributed by atoms with E-state index in [1.165, 1.54) is 5.56 Å². The van der Waals surface area contributed by atoms with Crippen LogP contribution in [0.2, 0.25) is 0 Å². The van der Waals surface area contributed by atoms with E-state index in [0.717, 1.165) is 41.0 Å². The Bertz CT molecular complexity index is 586. The third-order valence-electron chi connectivity index (χ3n) is 3.20. The third kappa shape index (κ3) is 4.41. The summed E-state index contributed by atoms with van der Waals surface area (Å²) in [7, 11) is 5.40. The zero-order chi connectivity index (χ0) is 15.2. The van der Waals surface area contributed by atoms with E-state index in [1.54, 1.807) is 25.6 Å². The van der Waals surface area contributed by atoms with Crippen molar-refractivity contribution in [1.29, 1.82) is 0 Å². The number of benzene rings is 1. The van der Waals surface area contributed by atoms with Crippen LogP contribution >= 0.6 is 11.3 Å². The number of hydrogen-bond acceptors (Lipinski definition) is 6. The second-order valence-electron chi connectivity index (χ2n) is 4.89. The number of aryl methyl sites for hydroxylation is 1. The van der Waals surface area contributed by atoms with E-state index in [1.807, 2.05) is 19.1 Å². The molecule has 0 unspecified atom stereocenters. The predicted octanol–water partition coefficient (Wildman–Crippen LogP) is 2.54. The zero-order valence-corrected chi connectivity index (χ0v) is 13.7. The quantitative estimate of drug-likeness (QED) is 0.786. The molecule has 21 heavy (non-hydrogen) atoms. The van der Waals surface area contributed by atoms with Crippen LogP contribution in [0.3, 0.4) is 0 Å². The van der Waals surface area contributed by atoms with Crippen LogP contribution in [-0.2, 0) is 13.0 Å². The van der Waals surface area contributed by atoms with Gasteiger partial charge in [-0.15, -0.1) is 21.5 Å². The van der Waals surface area contributed by atoms with Crippen molar-refractivity contribution in [2.45, 2.75) is 19.9 Å². The lowest BCUT2D eigenvalue weighted by atomic mass is 10.1. The van der Waals surface area contributed by atoms with Gasteiger partial charge in [0, 0.05) is 6.54 Å². The summed E-state index contributed by atoms with van der Waals surface area (Å²) >= 11 is 1.65. The molecule has 0 saturated carbocycles. The Morgan fingerprint density at radius 2 is 1.90 bits per heavy atom. The van der Waals surface area contributed by atoms with Crippen LogP contribution in [-0.4, -0.2) is 42.9 Å². The highest BCUT2D eigenvalue weighted by Crippen LogP contribution is 2.27. The van der Waals surface area contributed by atoms with Gasteiger partial charge in [0.1, 0.15) is 10.0 Å². The summed E-state index contributed by atoms with van der Waals surface area (Å²) in [6.07, 6.45) is 0.953. The van der Waals surface area contributed by atoms with Gasteiger partial charge in [-0.2, -0.15) is 0 Å². The molecule has 0 aliphatic heterocycles. The fourth-order valence-corrected chi connectivity index (χ4v) is 2.86. The summed E-state index contributed by atoms with van der Waals surface area (Å²) in [5.74, 6) is 1.54. The van der Waals surface area contributed by atoms with Gasteiger partial charge in [0.15, 0.2) is 11.5 Å². The van der Waals surface area contributed by atoms with Crippen molar-refractivity contribution in [2.75, 3.05) is 27.8 Å². The molecule has 114 valence electrons. The lowest BCUT2D eigenvalue weighted by Crippen LogP contribution is -2.20. The van der Waals surface area contributed by atoms with Crippen molar-refractivity contribution in [3.8, 4) is 11.5 Å². The average molecular weight is 307 g/mol. The number of aromatic nitrogens is 2. The number of nitrogens with zero attached hydrogens (tertiary/aromatic N) is 3. The van der Waals surface area contributed by atoms with E-state index in [2.05, 4.69) is 28.2 Å². The molecule has 5 nitrogen and oxygen atoms in total. The van der Waals surface area contributed by atoms with Crippen molar-refractivity contribution in [1.82, 2.24) is 15.1 Å². The predicted molar refractivity (Wildman–Crippen MR) is 84.2 cm³/mol. The van der Waals surface area contributed by atoms with Gasteiger partial charge in [-0.05, 0) is 38.1 Å². The lowest BCUT2D eigenvalue weighted by Gasteiger charge is -2.15. The van der Waals surface area contributed by atoms with E-state index < -0.39 is 0 Å². The van der Waals surface area contributed by atoms with Gasteiger partial charge in [0.05, 0.1) is 20.8 Å². The van der Waals surface area contributed by atoms with Crippen LogP contribution in [0.4, 0.5) is 0 Å². The molecule has 0 aliphatic rings. The summed E-state index contributed by atoms with van der Waals surface area (Å²) < 4.78 is 10.6. The molecule has 1 heterocycles. The van der Waals surface area contributed by atoms with Crippen LogP contribution in [0.1, 0.15) is 15.6 Å². The maximum Gasteiger partial charge on any atom is 0.160 e. The van der Waals surface area contributed by atoms with E-state index in [-0.39, 0.29) is 0 Å². The Morgan fingerprint density at radius 1 is 1.14 bits per heavy atom. The summed E-state index contributed by atoms with van der Waals surface area (Å²) in [6.45, 7) is 3.76. The molecule has 0 bridgehead atoms. The van der Waals surface area contributed by atoms with Crippen molar-refractivity contribution in [3.05, 3.63) is 33.8 Å². The van der Waals surface area contributed by atoms with Crippen LogP contribution < -0.4 is 9.47 Å². The number of ether oxygens (including phenoxy) is 2. The van der Waals surface area contributed by atoms with Crippen LogP contribution in [0, 0.1) is 6.92 Å². The van der Waals surface area contributed by atoms with E-state index in [4.69, 9.17) is 9.47 Å². The van der Waals surface area contributed by atoms with Crippen LogP contribution in [0.25, 0.3) is 0 Å². The second-order valence-corrected chi connectivity index (χ2v) is 6.16. The van der Waals surface area contributed by atoms with Crippen molar-refractivity contribution in [3.63, 3.8) is 0 Å². The summed E-state index contributed by atoms with van der Waals surface area (Å²) in [5, 5.41) is 10.3. The fourth-order valence-electron chi connectivity index (χ4n) is 2.07. The molecule has 2 rings (SSSR count). The highest BCUT2D eigenvalue weighted by atomic mass is 32.1. The first kappa shape index (κ1) is 15.7. The molecule has 6 heteroatoms. The first-order valence-corrected chi connectivity index (χ1v) is 7.62. The number of methoxy groups -OCH3 is 2. The molecule has 0 fully saturated rings. The molecule has 1 aromatic carbocycles. The van der Waals surface area contributed by atoms with Crippen LogP contribution in [0.15, 0.2) is 18.2 Å². The Morgan fingerprint density at radius 3 is 2.52 bits per heavy atom. The molecule has 0 N–H and O–H groups in total. The molecule has 0 aliphatic carbocycles. The van der Waals surface area contributed by atoms with E-state index in [9.17, 15) is 0 Å². The molecule has 2 aromatic rings. The molecule has 0 amide bonds. The Balaban J connectivity index is 1.90. The highest BCUT2D eigenvalue weighted by Gasteiger charge is 2.08. The number of likely N-dealkylation sites (N-methyl/N-ethyl adjacent to an activating group) is 1. The lowest BCUT2D eigenvalue weighted by molar-refractivity contribution is 0.328. The summed E-state index contributed by atoms with van der Waals surface area (Å²) in [6, 6.07) is 6.05. The molecular formula is C15H21N3O2S. The van der Waals surface area contributed by atoms with E-state index >= 15 is 0 Å². The topological polar surface area (TPSA) is 47.5 Å². The van der Waals surface area contributed by atoms with Crippen LogP contribution in [0.5, 0.6) is 11.5 Å². The Hall–Kier alpha value is -1.66. The summed E-state index contributed by atoms with van der Waals surface area (Å²) in [5.41, 5.74) is 1.23. The standard InChI is InChI=1S/C15H21N3O2S/c1-11-16-17-15(21-11)10-18(2)8-7-12-5-6-13(19-3)14(9-12)20-4/h5-6,9H,7-8,10H2,1-4H3. The second kappa shape index (κ2) is 7.38. The normalized spacial score (nSPS) is 10.9. The maximum absolute atomic E-state index is 5.33. The number of hydrogen-bond donors (Lipinski definition) is 0. The van der Waals surface area contributed by atoms with E-state index in [0.29, 0.717) is 0 Å². The minimum atomic E-state index is 0.763. The fraction of sp³-hybridized carbons (Fsp3) is 0.467. The highest BCUT2D eigenvalue weighted by molar-refractivity contribution is 7.11. The smallest absolute Gasteiger partial charge is 0.160 e. The van der Waals surface area contributed by atoms with Gasteiger partial charge in [0.2, 0.25) is 0 Å². The van der Waals surface area contributed by atoms with Gasteiger partial charge >= 0.3 is 0 Å². The van der Waals surface area contributed by atoms with Gasteiger partial charge < -0.3 is 9.47 Å². The summed E-state index contributed by atoms with van der Waals surface area (Å²) in [4.78, 5) is 2.25. The SMILES string of the molecule is COc1ccc(CCN(C)Cc2nnc(C)s2)cc1OC. The Labute approximate surface area is 129 Å². The first-order chi connectivity index (χ1) is 10.1. The molecular weight excluding hydrogens is 286 g/mol. The Kier molecular flexibility index (Phi) is 5.52. The maximum atomic E-state index is 5.33. The van der Waals surface area contributed by atoms with Crippen molar-refractivity contribution in [2.24, 2.45) is 0 Å². The first-order valence-electron chi connectivity index (χ1n) is 6.81. The molecule has 1 aromatic heterocycles. The van der Waals surface area contributed by atoms with Gasteiger partial charge in [-0.3, -0.25) is 4.90 Å². The minimum Gasteiger partial charge on any atom is -0.493 e. The number of rotatable bonds is 7. The van der Waals surface area contributed by atoms with Gasteiger partial charge in [-0.1, -0.05) is 6.07 Å². The van der Waals surface area contributed by atoms with Gasteiger partial charge in [0.25, 0.3) is 0 Å². The van der Waals surface area contributed by atoms with Crippen molar-refractivity contribution < 1.29 is 9.47 Å².